The van der Waals surface area contributed by atoms with Crippen molar-refractivity contribution in [1.29, 1.82) is 0 Å². The number of nitrogens with two attached hydrogens (primary N) is 1. The van der Waals surface area contributed by atoms with Crippen LogP contribution in [0.2, 0.25) is 0 Å². The van der Waals surface area contributed by atoms with Crippen LogP contribution in [0.1, 0.15) is 6.92 Å². The van der Waals surface area contributed by atoms with E-state index in [2.05, 4.69) is 10.3 Å². The zero-order chi connectivity index (χ0) is 8.27. The number of amides is 1. The first kappa shape index (κ1) is 8.20. The van der Waals surface area contributed by atoms with E-state index in [1.807, 2.05) is 0 Å². The minimum atomic E-state index is -0.299. The van der Waals surface area contributed by atoms with Crippen molar-refractivity contribution >= 4 is 11.6 Å². The maximum atomic E-state index is 10.7. The molecule has 0 aromatic heterocycles. The number of hydrogen-bond donors (Lipinski definition) is 2. The molecular weight excluding hydrogens is 142 g/mol. The number of carbonyl (C=O) groups excluding carboxylic acids is 1. The number of hydrogen-bond acceptors (Lipinski definition) is 3. The number of carbonyl (C=O) groups is 1. The van der Waals surface area contributed by atoms with Crippen molar-refractivity contribution < 1.29 is 4.79 Å². The third kappa shape index (κ3) is 2.01. The van der Waals surface area contributed by atoms with Gasteiger partial charge in [-0.25, -0.2) is 0 Å². The molecule has 3 N–H and O–H groups in total. The smallest absolute Gasteiger partial charge is 0.225 e. The average molecular weight is 155 g/mol. The Labute approximate surface area is 65.9 Å². The zero-order valence-corrected chi connectivity index (χ0v) is 6.63. The molecule has 0 aromatic rings. The van der Waals surface area contributed by atoms with Gasteiger partial charge in [0, 0.05) is 18.8 Å². The van der Waals surface area contributed by atoms with Gasteiger partial charge in [0.2, 0.25) is 5.91 Å². The van der Waals surface area contributed by atoms with Crippen LogP contribution in [0, 0.1) is 5.92 Å². The lowest BCUT2D eigenvalue weighted by Crippen LogP contribution is -2.38. The maximum Gasteiger partial charge on any atom is 0.225 e. The molecule has 0 saturated carbocycles. The Kier molecular flexibility index (Phi) is 2.59. The summed E-state index contributed by atoms with van der Waals surface area (Å²) >= 11 is 0. The number of nitrogens with zero attached hydrogens (tertiary/aromatic N) is 1. The second kappa shape index (κ2) is 3.48. The number of aliphatic imine (C=N–C) groups is 1. The molecule has 1 atom stereocenters. The Morgan fingerprint density at radius 3 is 3.00 bits per heavy atom. The van der Waals surface area contributed by atoms with E-state index in [0.29, 0.717) is 6.54 Å². The van der Waals surface area contributed by atoms with Crippen molar-refractivity contribution in [2.75, 3.05) is 19.6 Å². The van der Waals surface area contributed by atoms with Crippen LogP contribution in [0.25, 0.3) is 0 Å². The molecule has 4 heteroatoms. The van der Waals surface area contributed by atoms with Crippen LogP contribution in [0.5, 0.6) is 0 Å². The number of nitrogens with one attached hydrogen (secondary N) is 1. The Morgan fingerprint density at radius 2 is 2.55 bits per heavy atom. The fourth-order valence-electron chi connectivity index (χ4n) is 1.01. The monoisotopic (exact) mass is 155 g/mol. The molecular formula is C7H13N3O. The van der Waals surface area contributed by atoms with Crippen molar-refractivity contribution in [3.05, 3.63) is 0 Å². The lowest BCUT2D eigenvalue weighted by molar-refractivity contribution is -0.119. The molecule has 0 aromatic carbocycles. The number of primary amides is 1. The SMILES string of the molecule is CC(C(N)=O)C1=NCCNC1. The maximum absolute atomic E-state index is 10.7. The average Bonchev–Trinajstić information content (AvgIpc) is 2.05. The van der Waals surface area contributed by atoms with Crippen molar-refractivity contribution in [3.8, 4) is 0 Å². The molecule has 1 aliphatic heterocycles. The quantitative estimate of drug-likeness (QED) is 0.545. The summed E-state index contributed by atoms with van der Waals surface area (Å²) in [5.41, 5.74) is 6.00. The fraction of sp³-hybridized carbons (Fsp3) is 0.714. The molecule has 0 radical (unpaired) electrons. The number of rotatable bonds is 2. The van der Waals surface area contributed by atoms with Gasteiger partial charge in [0.15, 0.2) is 0 Å². The summed E-state index contributed by atoms with van der Waals surface area (Å²) in [5, 5.41) is 3.13. The fourth-order valence-corrected chi connectivity index (χ4v) is 1.01. The summed E-state index contributed by atoms with van der Waals surface area (Å²) < 4.78 is 0. The topological polar surface area (TPSA) is 67.5 Å². The Bertz CT molecular complexity index is 188. The minimum Gasteiger partial charge on any atom is -0.369 e. The second-order valence-electron chi connectivity index (χ2n) is 2.67. The molecule has 1 rings (SSSR count). The lowest BCUT2D eigenvalue weighted by atomic mass is 10.0. The summed E-state index contributed by atoms with van der Waals surface area (Å²) in [4.78, 5) is 14.9. The highest BCUT2D eigenvalue weighted by Gasteiger charge is 2.17. The summed E-state index contributed by atoms with van der Waals surface area (Å²) in [6.45, 7) is 4.14. The van der Waals surface area contributed by atoms with Gasteiger partial charge < -0.3 is 11.1 Å². The summed E-state index contributed by atoms with van der Waals surface area (Å²) in [6, 6.07) is 0. The van der Waals surface area contributed by atoms with Gasteiger partial charge in [0.05, 0.1) is 12.5 Å². The van der Waals surface area contributed by atoms with Crippen molar-refractivity contribution in [2.45, 2.75) is 6.92 Å². The normalized spacial score (nSPS) is 20.6. The van der Waals surface area contributed by atoms with Gasteiger partial charge in [0.1, 0.15) is 0 Å². The van der Waals surface area contributed by atoms with Gasteiger partial charge in [-0.15, -0.1) is 0 Å². The van der Waals surface area contributed by atoms with Crippen molar-refractivity contribution in [2.24, 2.45) is 16.6 Å². The van der Waals surface area contributed by atoms with E-state index in [0.717, 1.165) is 18.8 Å². The summed E-state index contributed by atoms with van der Waals surface area (Å²) in [6.07, 6.45) is 0. The molecule has 0 saturated heterocycles. The van der Waals surface area contributed by atoms with E-state index < -0.39 is 0 Å². The molecule has 62 valence electrons. The van der Waals surface area contributed by atoms with E-state index in [9.17, 15) is 4.79 Å². The van der Waals surface area contributed by atoms with Crippen LogP contribution in [-0.2, 0) is 4.79 Å². The first-order chi connectivity index (χ1) is 5.22. The molecule has 0 spiro atoms. The van der Waals surface area contributed by atoms with Crippen LogP contribution in [0.4, 0.5) is 0 Å². The predicted molar refractivity (Wildman–Crippen MR) is 43.5 cm³/mol. The molecule has 1 amide bonds. The van der Waals surface area contributed by atoms with Crippen molar-refractivity contribution in [3.63, 3.8) is 0 Å². The molecule has 0 fully saturated rings. The van der Waals surface area contributed by atoms with Gasteiger partial charge in [0.25, 0.3) is 0 Å². The van der Waals surface area contributed by atoms with Crippen LogP contribution in [0.15, 0.2) is 4.99 Å². The molecule has 1 unspecified atom stereocenters. The zero-order valence-electron chi connectivity index (χ0n) is 6.63. The molecule has 1 aliphatic rings. The first-order valence-corrected chi connectivity index (χ1v) is 3.75. The van der Waals surface area contributed by atoms with Crippen LogP contribution >= 0.6 is 0 Å². The van der Waals surface area contributed by atoms with E-state index in [1.54, 1.807) is 6.92 Å². The standard InChI is InChI=1S/C7H13N3O/c1-5(7(8)11)6-4-9-2-3-10-6/h5,9H,2-4H2,1H3,(H2,8,11). The summed E-state index contributed by atoms with van der Waals surface area (Å²) in [7, 11) is 0. The molecule has 0 aliphatic carbocycles. The predicted octanol–water partition coefficient (Wildman–Crippen LogP) is -0.848. The molecule has 0 bridgehead atoms. The van der Waals surface area contributed by atoms with Gasteiger partial charge in [-0.3, -0.25) is 9.79 Å². The van der Waals surface area contributed by atoms with Gasteiger partial charge in [-0.2, -0.15) is 0 Å². The lowest BCUT2D eigenvalue weighted by Gasteiger charge is -2.16. The third-order valence-electron chi connectivity index (χ3n) is 1.84. The van der Waals surface area contributed by atoms with E-state index >= 15 is 0 Å². The minimum absolute atomic E-state index is 0.220. The first-order valence-electron chi connectivity index (χ1n) is 3.75. The highest BCUT2D eigenvalue weighted by Crippen LogP contribution is 1.99. The second-order valence-corrected chi connectivity index (χ2v) is 2.67. The van der Waals surface area contributed by atoms with Gasteiger partial charge in [-0.1, -0.05) is 0 Å². The highest BCUT2D eigenvalue weighted by atomic mass is 16.1. The summed E-state index contributed by atoms with van der Waals surface area (Å²) in [5.74, 6) is -0.518. The Balaban J connectivity index is 2.58. The molecule has 11 heavy (non-hydrogen) atoms. The third-order valence-corrected chi connectivity index (χ3v) is 1.84. The van der Waals surface area contributed by atoms with E-state index in [-0.39, 0.29) is 11.8 Å². The largest absolute Gasteiger partial charge is 0.369 e. The highest BCUT2D eigenvalue weighted by molar-refractivity contribution is 6.04. The van der Waals surface area contributed by atoms with E-state index in [4.69, 9.17) is 5.73 Å². The van der Waals surface area contributed by atoms with Gasteiger partial charge in [-0.05, 0) is 6.92 Å². The van der Waals surface area contributed by atoms with Crippen LogP contribution in [0.3, 0.4) is 0 Å². The van der Waals surface area contributed by atoms with Gasteiger partial charge >= 0.3 is 0 Å². The van der Waals surface area contributed by atoms with Crippen molar-refractivity contribution in [1.82, 2.24) is 5.32 Å². The van der Waals surface area contributed by atoms with E-state index in [1.165, 1.54) is 0 Å². The Hall–Kier alpha value is -0.900. The van der Waals surface area contributed by atoms with Crippen LogP contribution < -0.4 is 11.1 Å². The molecule has 4 nitrogen and oxygen atoms in total. The van der Waals surface area contributed by atoms with Crippen LogP contribution in [-0.4, -0.2) is 31.3 Å². The Morgan fingerprint density at radius 1 is 1.82 bits per heavy atom. The molecule has 1 heterocycles.